The molecule has 0 radical (unpaired) electrons. The Morgan fingerprint density at radius 2 is 2.09 bits per heavy atom. The molecule has 4 nitrogen and oxygen atoms in total. The van der Waals surface area contributed by atoms with Crippen molar-refractivity contribution in [2.45, 2.75) is 19.4 Å². The molecule has 1 saturated carbocycles. The first kappa shape index (κ1) is 13.9. The summed E-state index contributed by atoms with van der Waals surface area (Å²) in [5.74, 6) is -0.667. The van der Waals surface area contributed by atoms with E-state index in [0.29, 0.717) is 17.2 Å². The van der Waals surface area contributed by atoms with Crippen LogP contribution in [-0.2, 0) is 6.54 Å². The molecular formula is C18H15FN2O2. The molecule has 1 aliphatic rings. The van der Waals surface area contributed by atoms with E-state index in [-0.39, 0.29) is 11.4 Å². The van der Waals surface area contributed by atoms with Crippen molar-refractivity contribution in [1.82, 2.24) is 9.78 Å². The minimum Gasteiger partial charge on any atom is -0.478 e. The summed E-state index contributed by atoms with van der Waals surface area (Å²) in [7, 11) is 0. The molecule has 1 fully saturated rings. The Morgan fingerprint density at radius 1 is 1.26 bits per heavy atom. The van der Waals surface area contributed by atoms with Crippen LogP contribution in [0.1, 0.15) is 23.2 Å². The van der Waals surface area contributed by atoms with E-state index < -0.39 is 5.97 Å². The summed E-state index contributed by atoms with van der Waals surface area (Å²) < 4.78 is 15.4. The average molecular weight is 310 g/mol. The molecule has 1 aromatic heterocycles. The van der Waals surface area contributed by atoms with Crippen LogP contribution in [-0.4, -0.2) is 20.9 Å². The highest BCUT2D eigenvalue weighted by Gasteiger charge is 2.24. The van der Waals surface area contributed by atoms with Gasteiger partial charge >= 0.3 is 5.97 Å². The van der Waals surface area contributed by atoms with Crippen molar-refractivity contribution in [1.29, 1.82) is 0 Å². The first-order valence-corrected chi connectivity index (χ1v) is 7.61. The summed E-state index contributed by atoms with van der Waals surface area (Å²) in [6.07, 6.45) is 2.35. The van der Waals surface area contributed by atoms with Crippen LogP contribution in [0.4, 0.5) is 4.39 Å². The van der Waals surface area contributed by atoms with E-state index in [1.54, 1.807) is 24.3 Å². The Bertz CT molecular complexity index is 913. The lowest BCUT2D eigenvalue weighted by Crippen LogP contribution is -2.03. The van der Waals surface area contributed by atoms with Gasteiger partial charge in [0, 0.05) is 17.5 Å². The van der Waals surface area contributed by atoms with Gasteiger partial charge in [0.05, 0.1) is 11.1 Å². The van der Waals surface area contributed by atoms with Crippen LogP contribution in [0.3, 0.4) is 0 Å². The lowest BCUT2D eigenvalue weighted by Gasteiger charge is -2.02. The molecule has 0 bridgehead atoms. The topological polar surface area (TPSA) is 55.1 Å². The lowest BCUT2D eigenvalue weighted by atomic mass is 10.1. The van der Waals surface area contributed by atoms with Gasteiger partial charge in [-0.25, -0.2) is 9.18 Å². The number of aromatic nitrogens is 2. The van der Waals surface area contributed by atoms with Crippen molar-refractivity contribution >= 4 is 16.9 Å². The van der Waals surface area contributed by atoms with Crippen molar-refractivity contribution in [2.75, 3.05) is 0 Å². The maximum Gasteiger partial charge on any atom is 0.335 e. The molecular weight excluding hydrogens is 295 g/mol. The standard InChI is InChI=1S/C18H15FN2O2/c19-14-3-1-2-12(8-14)17-15-7-6-13(18(22)23)9-16(15)21(20-17)10-11-4-5-11/h1-3,6-9,11H,4-5,10H2,(H,22,23). The number of halogens is 1. The summed E-state index contributed by atoms with van der Waals surface area (Å²) in [5.41, 5.74) is 2.42. The summed E-state index contributed by atoms with van der Waals surface area (Å²) in [6, 6.07) is 11.3. The van der Waals surface area contributed by atoms with Crippen LogP contribution < -0.4 is 0 Å². The van der Waals surface area contributed by atoms with Crippen molar-refractivity contribution in [3.05, 3.63) is 53.8 Å². The van der Waals surface area contributed by atoms with Gasteiger partial charge in [-0.1, -0.05) is 12.1 Å². The Hall–Kier alpha value is -2.69. The number of aromatic carboxylic acids is 1. The zero-order valence-electron chi connectivity index (χ0n) is 12.4. The first-order chi connectivity index (χ1) is 11.1. The molecule has 4 rings (SSSR count). The summed E-state index contributed by atoms with van der Waals surface area (Å²) in [5, 5.41) is 14.7. The van der Waals surface area contributed by atoms with E-state index in [1.165, 1.54) is 25.0 Å². The zero-order valence-corrected chi connectivity index (χ0v) is 12.4. The predicted octanol–water partition coefficient (Wildman–Crippen LogP) is 3.95. The molecule has 5 heteroatoms. The third-order valence-corrected chi connectivity index (χ3v) is 4.22. The molecule has 1 aliphatic carbocycles. The third-order valence-electron chi connectivity index (χ3n) is 4.22. The number of hydrogen-bond donors (Lipinski definition) is 1. The van der Waals surface area contributed by atoms with E-state index >= 15 is 0 Å². The van der Waals surface area contributed by atoms with Crippen LogP contribution in [0, 0.1) is 11.7 Å². The van der Waals surface area contributed by atoms with E-state index in [0.717, 1.165) is 17.4 Å². The van der Waals surface area contributed by atoms with Crippen LogP contribution >= 0.6 is 0 Å². The van der Waals surface area contributed by atoms with Crippen molar-refractivity contribution in [2.24, 2.45) is 5.92 Å². The second-order valence-corrected chi connectivity index (χ2v) is 6.02. The molecule has 116 valence electrons. The molecule has 0 amide bonds. The van der Waals surface area contributed by atoms with E-state index in [2.05, 4.69) is 5.10 Å². The fourth-order valence-corrected chi connectivity index (χ4v) is 2.84. The monoisotopic (exact) mass is 310 g/mol. The van der Waals surface area contributed by atoms with Gasteiger partial charge in [-0.3, -0.25) is 4.68 Å². The molecule has 1 N–H and O–H groups in total. The summed E-state index contributed by atoms with van der Waals surface area (Å²) in [4.78, 5) is 11.2. The summed E-state index contributed by atoms with van der Waals surface area (Å²) in [6.45, 7) is 0.773. The number of carboxylic acid groups (broad SMARTS) is 1. The number of rotatable bonds is 4. The fourth-order valence-electron chi connectivity index (χ4n) is 2.84. The molecule has 2 aromatic carbocycles. The van der Waals surface area contributed by atoms with Gasteiger partial charge in [0.15, 0.2) is 0 Å². The van der Waals surface area contributed by atoms with Crippen molar-refractivity contribution < 1.29 is 14.3 Å². The SMILES string of the molecule is O=C(O)c1ccc2c(-c3cccc(F)c3)nn(CC3CC3)c2c1. The number of fused-ring (bicyclic) bond motifs is 1. The molecule has 0 spiro atoms. The smallest absolute Gasteiger partial charge is 0.335 e. The van der Waals surface area contributed by atoms with Crippen LogP contribution in [0.2, 0.25) is 0 Å². The molecule has 0 saturated heterocycles. The molecule has 3 aromatic rings. The minimum absolute atomic E-state index is 0.236. The number of carboxylic acids is 1. The Kier molecular flexibility index (Phi) is 3.15. The summed E-state index contributed by atoms with van der Waals surface area (Å²) >= 11 is 0. The molecule has 0 unspecified atom stereocenters. The second kappa shape index (κ2) is 5.19. The quantitative estimate of drug-likeness (QED) is 0.794. The van der Waals surface area contributed by atoms with Gasteiger partial charge in [-0.15, -0.1) is 0 Å². The predicted molar refractivity (Wildman–Crippen MR) is 84.8 cm³/mol. The van der Waals surface area contributed by atoms with E-state index in [9.17, 15) is 14.3 Å². The van der Waals surface area contributed by atoms with Gasteiger partial charge in [-0.2, -0.15) is 5.10 Å². The average Bonchev–Trinajstić information content (AvgIpc) is 3.27. The Balaban J connectivity index is 1.91. The molecule has 0 aliphatic heterocycles. The lowest BCUT2D eigenvalue weighted by molar-refractivity contribution is 0.0697. The maximum atomic E-state index is 13.5. The van der Waals surface area contributed by atoms with E-state index in [1.807, 2.05) is 10.7 Å². The van der Waals surface area contributed by atoms with Crippen molar-refractivity contribution in [3.63, 3.8) is 0 Å². The highest BCUT2D eigenvalue weighted by Crippen LogP contribution is 2.34. The Labute approximate surface area is 132 Å². The van der Waals surface area contributed by atoms with Gasteiger partial charge in [0.2, 0.25) is 0 Å². The van der Waals surface area contributed by atoms with Crippen LogP contribution in [0.5, 0.6) is 0 Å². The second-order valence-electron chi connectivity index (χ2n) is 6.02. The van der Waals surface area contributed by atoms with Crippen LogP contribution in [0.15, 0.2) is 42.5 Å². The molecule has 0 atom stereocenters. The molecule has 23 heavy (non-hydrogen) atoms. The van der Waals surface area contributed by atoms with Gasteiger partial charge in [0.1, 0.15) is 11.5 Å². The van der Waals surface area contributed by atoms with Gasteiger partial charge < -0.3 is 5.11 Å². The highest BCUT2D eigenvalue weighted by molar-refractivity contribution is 5.98. The molecule has 1 heterocycles. The van der Waals surface area contributed by atoms with Gasteiger partial charge in [-0.05, 0) is 49.1 Å². The largest absolute Gasteiger partial charge is 0.478 e. The third kappa shape index (κ3) is 2.59. The Morgan fingerprint density at radius 3 is 2.78 bits per heavy atom. The number of carbonyl (C=O) groups is 1. The number of benzene rings is 2. The first-order valence-electron chi connectivity index (χ1n) is 7.61. The van der Waals surface area contributed by atoms with Crippen molar-refractivity contribution in [3.8, 4) is 11.3 Å². The van der Waals surface area contributed by atoms with Crippen LogP contribution in [0.25, 0.3) is 22.2 Å². The number of nitrogens with zero attached hydrogens (tertiary/aromatic N) is 2. The number of hydrogen-bond acceptors (Lipinski definition) is 2. The fraction of sp³-hybridized carbons (Fsp3) is 0.222. The minimum atomic E-state index is -0.960. The zero-order chi connectivity index (χ0) is 16.0. The normalized spacial score (nSPS) is 14.3. The van der Waals surface area contributed by atoms with E-state index in [4.69, 9.17) is 0 Å². The van der Waals surface area contributed by atoms with Gasteiger partial charge in [0.25, 0.3) is 0 Å². The highest BCUT2D eigenvalue weighted by atomic mass is 19.1. The maximum absolute atomic E-state index is 13.5.